The molecule has 4 aromatic carbocycles. The van der Waals surface area contributed by atoms with E-state index in [2.05, 4.69) is 21.7 Å². The normalized spacial score (nSPS) is 10.8. The number of nitriles is 1. The van der Waals surface area contributed by atoms with Crippen LogP contribution in [0.1, 0.15) is 40.9 Å². The van der Waals surface area contributed by atoms with Crippen molar-refractivity contribution >= 4 is 39.7 Å². The van der Waals surface area contributed by atoms with Gasteiger partial charge in [-0.3, -0.25) is 4.79 Å². The van der Waals surface area contributed by atoms with Crippen LogP contribution < -0.4 is 15.5 Å². The first-order chi connectivity index (χ1) is 21.8. The molecule has 0 aliphatic rings. The molecule has 5 aromatic rings. The van der Waals surface area contributed by atoms with Crippen molar-refractivity contribution in [1.82, 2.24) is 9.97 Å². The average molecular weight is 601 g/mol. The molecule has 0 unspecified atom stereocenters. The molecule has 9 nitrogen and oxygen atoms in total. The molecule has 1 heterocycles. The Morgan fingerprint density at radius 1 is 0.889 bits per heavy atom. The number of hydrogen-bond acceptors (Lipinski definition) is 7. The highest BCUT2D eigenvalue weighted by Crippen LogP contribution is 2.28. The number of anilines is 3. The van der Waals surface area contributed by atoms with E-state index >= 15 is 0 Å². The number of nitrogens with zero attached hydrogens (tertiary/aromatic N) is 3. The van der Waals surface area contributed by atoms with Gasteiger partial charge in [-0.05, 0) is 105 Å². The number of aryl methyl sites for hydroxylation is 1. The summed E-state index contributed by atoms with van der Waals surface area (Å²) < 4.78 is 0. The number of H-pyrrole nitrogens is 1. The molecule has 5 rings (SSSR count). The lowest BCUT2D eigenvalue weighted by Crippen LogP contribution is -2.29. The molecule has 0 bridgehead atoms. The molecular formula is C36H36N6O3. The Labute approximate surface area is 262 Å². The molecule has 1 aromatic heterocycles. The van der Waals surface area contributed by atoms with E-state index in [-0.39, 0.29) is 19.1 Å². The van der Waals surface area contributed by atoms with E-state index in [1.807, 2.05) is 86.3 Å². The minimum Gasteiger partial charge on any atom is -0.395 e. The molecule has 45 heavy (non-hydrogen) atoms. The van der Waals surface area contributed by atoms with Gasteiger partial charge < -0.3 is 30.7 Å². The first kappa shape index (κ1) is 31.0. The number of fused-ring (bicyclic) bond motifs is 1. The third-order valence-electron chi connectivity index (χ3n) is 7.54. The van der Waals surface area contributed by atoms with Gasteiger partial charge in [0.05, 0.1) is 35.9 Å². The Hall–Kier alpha value is -5.43. The number of allylic oxidation sites excluding steroid dienone is 1. The Morgan fingerprint density at radius 3 is 2.20 bits per heavy atom. The van der Waals surface area contributed by atoms with Gasteiger partial charge in [0.15, 0.2) is 0 Å². The van der Waals surface area contributed by atoms with E-state index in [0.29, 0.717) is 35.7 Å². The quantitative estimate of drug-likeness (QED) is 0.120. The lowest BCUT2D eigenvalue weighted by atomic mass is 10.0. The first-order valence-corrected chi connectivity index (χ1v) is 14.7. The van der Waals surface area contributed by atoms with Crippen LogP contribution in [0.3, 0.4) is 0 Å². The summed E-state index contributed by atoms with van der Waals surface area (Å²) in [5.74, 6) is 0.452. The van der Waals surface area contributed by atoms with Crippen molar-refractivity contribution in [2.75, 3.05) is 41.8 Å². The molecule has 0 saturated carbocycles. The van der Waals surface area contributed by atoms with Crippen LogP contribution >= 0.6 is 0 Å². The zero-order chi connectivity index (χ0) is 31.9. The average Bonchev–Trinajstić information content (AvgIpc) is 3.48. The van der Waals surface area contributed by atoms with Crippen molar-refractivity contribution < 1.29 is 15.0 Å². The maximum absolute atomic E-state index is 13.2. The van der Waals surface area contributed by atoms with Gasteiger partial charge in [0.2, 0.25) is 0 Å². The van der Waals surface area contributed by atoms with Crippen LogP contribution in [0.2, 0.25) is 0 Å². The highest BCUT2D eigenvalue weighted by Gasteiger charge is 2.13. The highest BCUT2D eigenvalue weighted by molar-refractivity contribution is 6.06. The van der Waals surface area contributed by atoms with Crippen LogP contribution in [-0.4, -0.2) is 52.4 Å². The highest BCUT2D eigenvalue weighted by atomic mass is 16.3. The maximum Gasteiger partial charge on any atom is 0.255 e. The van der Waals surface area contributed by atoms with Crippen molar-refractivity contribution in [3.8, 4) is 17.5 Å². The number of aliphatic hydroxyl groups is 2. The maximum atomic E-state index is 13.2. The van der Waals surface area contributed by atoms with E-state index in [4.69, 9.17) is 10.2 Å². The molecule has 1 amide bonds. The molecule has 0 saturated heterocycles. The van der Waals surface area contributed by atoms with E-state index in [0.717, 1.165) is 50.4 Å². The Bertz CT molecular complexity index is 1880. The second-order valence-electron chi connectivity index (χ2n) is 11.0. The van der Waals surface area contributed by atoms with Gasteiger partial charge in [0, 0.05) is 47.0 Å². The summed E-state index contributed by atoms with van der Waals surface area (Å²) in [5.41, 5.74) is 10.0. The molecule has 9 heteroatoms. The number of carbonyl (C=O) groups is 1. The monoisotopic (exact) mass is 600 g/mol. The van der Waals surface area contributed by atoms with Gasteiger partial charge in [-0.2, -0.15) is 5.26 Å². The van der Waals surface area contributed by atoms with Crippen molar-refractivity contribution in [2.45, 2.75) is 20.8 Å². The van der Waals surface area contributed by atoms with Gasteiger partial charge >= 0.3 is 0 Å². The fourth-order valence-electron chi connectivity index (χ4n) is 5.15. The van der Waals surface area contributed by atoms with Crippen molar-refractivity contribution in [2.24, 2.45) is 0 Å². The lowest BCUT2D eigenvalue weighted by Gasteiger charge is -2.22. The number of imidazole rings is 1. The predicted octanol–water partition coefficient (Wildman–Crippen LogP) is 6.32. The zero-order valence-corrected chi connectivity index (χ0v) is 25.6. The SMILES string of the molecule is CC(C)=C(Nc1ccc(NC(=O)c2ccc3nc(-c4ccc(N(CCO)CCO)cc4)[nH]c3c2)cc1C)c1ccc(C#N)cc1. The Kier molecular flexibility index (Phi) is 9.58. The molecular weight excluding hydrogens is 564 g/mol. The third-order valence-corrected chi connectivity index (χ3v) is 7.54. The van der Waals surface area contributed by atoms with E-state index in [1.165, 1.54) is 0 Å². The smallest absolute Gasteiger partial charge is 0.255 e. The number of aromatic amines is 1. The first-order valence-electron chi connectivity index (χ1n) is 14.7. The molecule has 5 N–H and O–H groups in total. The molecule has 0 aliphatic heterocycles. The van der Waals surface area contributed by atoms with Crippen molar-refractivity contribution in [1.29, 1.82) is 5.26 Å². The van der Waals surface area contributed by atoms with Crippen molar-refractivity contribution in [3.63, 3.8) is 0 Å². The van der Waals surface area contributed by atoms with Crippen LogP contribution in [0, 0.1) is 18.3 Å². The summed E-state index contributed by atoms with van der Waals surface area (Å²) in [6.45, 7) is 6.94. The molecule has 0 fully saturated rings. The molecule has 0 spiro atoms. The van der Waals surface area contributed by atoms with Crippen LogP contribution in [0.15, 0.2) is 90.5 Å². The number of rotatable bonds is 11. The van der Waals surface area contributed by atoms with Crippen molar-refractivity contribution in [3.05, 3.63) is 113 Å². The fourth-order valence-corrected chi connectivity index (χ4v) is 5.15. The third kappa shape index (κ3) is 7.21. The van der Waals surface area contributed by atoms with Gasteiger partial charge in [0.25, 0.3) is 5.91 Å². The number of carbonyl (C=O) groups excluding carboxylic acids is 1. The summed E-state index contributed by atoms with van der Waals surface area (Å²) >= 11 is 0. The Balaban J connectivity index is 1.29. The summed E-state index contributed by atoms with van der Waals surface area (Å²) in [6, 6.07) is 28.5. The second kappa shape index (κ2) is 13.9. The lowest BCUT2D eigenvalue weighted by molar-refractivity contribution is 0.102. The van der Waals surface area contributed by atoms with E-state index in [1.54, 1.807) is 24.3 Å². The van der Waals surface area contributed by atoms with Gasteiger partial charge in [0.1, 0.15) is 5.82 Å². The van der Waals surface area contributed by atoms with E-state index < -0.39 is 0 Å². The molecule has 228 valence electrons. The number of hydrogen-bond donors (Lipinski definition) is 5. The largest absolute Gasteiger partial charge is 0.395 e. The molecule has 0 aliphatic carbocycles. The van der Waals surface area contributed by atoms with Gasteiger partial charge in [-0.25, -0.2) is 4.98 Å². The van der Waals surface area contributed by atoms with Crippen LogP contribution in [0.5, 0.6) is 0 Å². The molecule has 0 radical (unpaired) electrons. The number of benzene rings is 4. The van der Waals surface area contributed by atoms with Crippen LogP contribution in [-0.2, 0) is 0 Å². The summed E-state index contributed by atoms with van der Waals surface area (Å²) in [6.07, 6.45) is 0. The number of nitrogens with one attached hydrogen (secondary N) is 3. The van der Waals surface area contributed by atoms with Gasteiger partial charge in [-0.1, -0.05) is 17.7 Å². The summed E-state index contributed by atoms with van der Waals surface area (Å²) in [4.78, 5) is 23.1. The topological polar surface area (TPSA) is 137 Å². The zero-order valence-electron chi connectivity index (χ0n) is 25.6. The van der Waals surface area contributed by atoms with Crippen LogP contribution in [0.25, 0.3) is 28.1 Å². The number of amides is 1. The summed E-state index contributed by atoms with van der Waals surface area (Å²) in [7, 11) is 0. The standard InChI is InChI=1S/C36H36N6O3/c1-23(2)34(26-6-4-25(22-37)5-7-26)39-31-15-11-29(20-24(31)3)38-36(45)28-10-14-32-33(21-28)41-35(40-32)27-8-12-30(13-9-27)42(16-18-43)17-19-44/h4-15,20-21,39,43-44H,16-19H2,1-3H3,(H,38,45)(H,40,41). The number of aromatic nitrogens is 2. The molecule has 0 atom stereocenters. The van der Waals surface area contributed by atoms with E-state index in [9.17, 15) is 15.0 Å². The second-order valence-corrected chi connectivity index (χ2v) is 11.0. The number of aliphatic hydroxyl groups excluding tert-OH is 2. The Morgan fingerprint density at radius 2 is 1.58 bits per heavy atom. The minimum absolute atomic E-state index is 0.00148. The summed E-state index contributed by atoms with van der Waals surface area (Å²) in [5, 5.41) is 34.3. The fraction of sp³-hybridized carbons (Fsp3) is 0.194. The predicted molar refractivity (Wildman–Crippen MR) is 180 cm³/mol. The van der Waals surface area contributed by atoms with Crippen LogP contribution in [0.4, 0.5) is 17.1 Å². The minimum atomic E-state index is -0.229. The van der Waals surface area contributed by atoms with Gasteiger partial charge in [-0.15, -0.1) is 0 Å².